The number of carbonyl (C=O) groups is 1. The Morgan fingerprint density at radius 1 is 1.20 bits per heavy atom. The van der Waals surface area contributed by atoms with Crippen molar-refractivity contribution in [2.45, 2.75) is 24.3 Å². The Bertz CT molecular complexity index is 712. The Morgan fingerprint density at radius 2 is 1.92 bits per heavy atom. The van der Waals surface area contributed by atoms with Gasteiger partial charge in [0.1, 0.15) is 5.82 Å². The molecule has 0 saturated carbocycles. The van der Waals surface area contributed by atoms with E-state index in [2.05, 4.69) is 10.2 Å². The van der Waals surface area contributed by atoms with Crippen molar-refractivity contribution in [2.24, 2.45) is 5.92 Å². The van der Waals surface area contributed by atoms with E-state index >= 15 is 0 Å². The highest BCUT2D eigenvalue weighted by Gasteiger charge is 2.25. The van der Waals surface area contributed by atoms with E-state index in [1.807, 2.05) is 42.7 Å². The molecule has 3 rings (SSSR count). The lowest BCUT2D eigenvalue weighted by Gasteiger charge is -2.31. The van der Waals surface area contributed by atoms with Crippen molar-refractivity contribution in [3.8, 4) is 0 Å². The van der Waals surface area contributed by atoms with Crippen LogP contribution in [0.15, 0.2) is 53.4 Å². The van der Waals surface area contributed by atoms with Crippen LogP contribution in [0.25, 0.3) is 0 Å². The van der Waals surface area contributed by atoms with Crippen LogP contribution in [0.3, 0.4) is 0 Å². The smallest absolute Gasteiger partial charge is 0.227 e. The number of thioether (sulfide) groups is 1. The van der Waals surface area contributed by atoms with Crippen LogP contribution in [0, 0.1) is 11.7 Å². The highest BCUT2D eigenvalue weighted by molar-refractivity contribution is 7.98. The molecular formula is C20H23FN2OS. The molecular weight excluding hydrogens is 335 g/mol. The van der Waals surface area contributed by atoms with Gasteiger partial charge in [-0.15, -0.1) is 11.8 Å². The third-order valence-corrected chi connectivity index (χ3v) is 5.34. The van der Waals surface area contributed by atoms with E-state index in [1.54, 1.807) is 11.8 Å². The number of nitrogens with zero attached hydrogens (tertiary/aromatic N) is 1. The number of nitrogens with one attached hydrogen (secondary N) is 1. The van der Waals surface area contributed by atoms with E-state index in [4.69, 9.17) is 0 Å². The van der Waals surface area contributed by atoms with Crippen LogP contribution in [0.4, 0.5) is 10.1 Å². The number of amides is 1. The highest BCUT2D eigenvalue weighted by Crippen LogP contribution is 2.23. The summed E-state index contributed by atoms with van der Waals surface area (Å²) in [6, 6.07) is 14.6. The number of piperidine rings is 1. The number of benzene rings is 2. The summed E-state index contributed by atoms with van der Waals surface area (Å²) in [6.07, 6.45) is 3.74. The predicted octanol–water partition coefficient (Wildman–Crippen LogP) is 4.40. The molecule has 0 bridgehead atoms. The molecule has 3 nitrogen and oxygen atoms in total. The molecule has 1 amide bonds. The Hall–Kier alpha value is -1.85. The van der Waals surface area contributed by atoms with Crippen LogP contribution in [-0.2, 0) is 11.3 Å². The minimum atomic E-state index is -0.204. The van der Waals surface area contributed by atoms with Gasteiger partial charge in [0.05, 0.1) is 0 Å². The number of hydrogen-bond acceptors (Lipinski definition) is 3. The summed E-state index contributed by atoms with van der Waals surface area (Å²) in [7, 11) is 0. The summed E-state index contributed by atoms with van der Waals surface area (Å²) in [4.78, 5) is 16.0. The number of likely N-dealkylation sites (tertiary alicyclic amines) is 1. The van der Waals surface area contributed by atoms with Gasteiger partial charge in [0.15, 0.2) is 0 Å². The second-order valence-corrected chi connectivity index (χ2v) is 7.28. The van der Waals surface area contributed by atoms with Gasteiger partial charge in [-0.1, -0.05) is 18.2 Å². The van der Waals surface area contributed by atoms with Crippen LogP contribution in [0.5, 0.6) is 0 Å². The Kier molecular flexibility index (Phi) is 6.10. The fourth-order valence-corrected chi connectivity index (χ4v) is 3.61. The van der Waals surface area contributed by atoms with Crippen molar-refractivity contribution >= 4 is 23.4 Å². The predicted molar refractivity (Wildman–Crippen MR) is 101 cm³/mol. The van der Waals surface area contributed by atoms with Crippen LogP contribution in [-0.4, -0.2) is 30.2 Å². The molecule has 1 aliphatic rings. The van der Waals surface area contributed by atoms with Crippen LogP contribution < -0.4 is 5.32 Å². The van der Waals surface area contributed by atoms with Gasteiger partial charge in [-0.2, -0.15) is 0 Å². The summed E-state index contributed by atoms with van der Waals surface area (Å²) in [5.74, 6) is -0.0354. The molecule has 1 saturated heterocycles. The maximum Gasteiger partial charge on any atom is 0.227 e. The molecule has 1 N–H and O–H groups in total. The molecule has 132 valence electrons. The second kappa shape index (κ2) is 8.50. The first kappa shape index (κ1) is 18.0. The maximum atomic E-state index is 13.0. The summed E-state index contributed by atoms with van der Waals surface area (Å²) in [5.41, 5.74) is 1.98. The fourth-order valence-electron chi connectivity index (χ4n) is 3.15. The van der Waals surface area contributed by atoms with Gasteiger partial charge in [-0.3, -0.25) is 9.69 Å². The molecule has 2 aromatic carbocycles. The minimum absolute atomic E-state index is 0.0578. The lowest BCUT2D eigenvalue weighted by molar-refractivity contribution is -0.121. The summed E-state index contributed by atoms with van der Waals surface area (Å²) in [5, 5.41) is 3.04. The Morgan fingerprint density at radius 3 is 2.60 bits per heavy atom. The van der Waals surface area contributed by atoms with Crippen molar-refractivity contribution in [3.63, 3.8) is 0 Å². The normalized spacial score (nSPS) is 15.9. The van der Waals surface area contributed by atoms with E-state index in [9.17, 15) is 9.18 Å². The molecule has 0 unspecified atom stereocenters. The summed E-state index contributed by atoms with van der Waals surface area (Å²) in [6.45, 7) is 2.59. The molecule has 0 radical (unpaired) electrons. The first-order valence-corrected chi connectivity index (χ1v) is 9.78. The van der Waals surface area contributed by atoms with E-state index in [-0.39, 0.29) is 17.6 Å². The average molecular weight is 358 g/mol. The zero-order valence-electron chi connectivity index (χ0n) is 14.4. The Balaban J connectivity index is 1.49. The highest BCUT2D eigenvalue weighted by atomic mass is 32.2. The first-order chi connectivity index (χ1) is 12.1. The van der Waals surface area contributed by atoms with Crippen molar-refractivity contribution in [1.29, 1.82) is 0 Å². The minimum Gasteiger partial charge on any atom is -0.326 e. The maximum absolute atomic E-state index is 13.0. The lowest BCUT2D eigenvalue weighted by atomic mass is 9.95. The number of rotatable bonds is 5. The van der Waals surface area contributed by atoms with Crippen molar-refractivity contribution in [1.82, 2.24) is 4.90 Å². The molecule has 0 spiro atoms. The average Bonchev–Trinajstić information content (AvgIpc) is 2.64. The third kappa shape index (κ3) is 5.06. The zero-order chi connectivity index (χ0) is 17.6. The van der Waals surface area contributed by atoms with Gasteiger partial charge in [0.2, 0.25) is 5.91 Å². The fraction of sp³-hybridized carbons (Fsp3) is 0.350. The molecule has 25 heavy (non-hydrogen) atoms. The topological polar surface area (TPSA) is 32.3 Å². The van der Waals surface area contributed by atoms with Gasteiger partial charge in [-0.05, 0) is 68.1 Å². The standard InChI is InChI=1S/C20H23FN2OS/c1-25-19-4-2-3-18(13-19)22-20(24)16-9-11-23(12-10-16)14-15-5-7-17(21)8-6-15/h2-8,13,16H,9-12,14H2,1H3,(H,22,24). The van der Waals surface area contributed by atoms with Gasteiger partial charge in [0.25, 0.3) is 0 Å². The van der Waals surface area contributed by atoms with Crippen LogP contribution in [0.1, 0.15) is 18.4 Å². The van der Waals surface area contributed by atoms with E-state index in [0.29, 0.717) is 0 Å². The van der Waals surface area contributed by atoms with Crippen LogP contribution in [0.2, 0.25) is 0 Å². The van der Waals surface area contributed by atoms with Crippen LogP contribution >= 0.6 is 11.8 Å². The second-order valence-electron chi connectivity index (χ2n) is 6.40. The van der Waals surface area contributed by atoms with E-state index in [1.165, 1.54) is 12.1 Å². The number of anilines is 1. The van der Waals surface area contributed by atoms with Crippen molar-refractivity contribution in [3.05, 3.63) is 59.9 Å². The summed E-state index contributed by atoms with van der Waals surface area (Å²) >= 11 is 1.67. The van der Waals surface area contributed by atoms with E-state index in [0.717, 1.165) is 48.6 Å². The molecule has 0 aromatic heterocycles. The molecule has 5 heteroatoms. The zero-order valence-corrected chi connectivity index (χ0v) is 15.2. The third-order valence-electron chi connectivity index (χ3n) is 4.62. The van der Waals surface area contributed by atoms with E-state index < -0.39 is 0 Å². The molecule has 2 aromatic rings. The molecule has 0 atom stereocenters. The quantitative estimate of drug-likeness (QED) is 0.804. The van der Waals surface area contributed by atoms with Gasteiger partial charge < -0.3 is 5.32 Å². The van der Waals surface area contributed by atoms with Gasteiger partial charge in [0, 0.05) is 23.0 Å². The number of halogens is 1. The first-order valence-electron chi connectivity index (χ1n) is 8.56. The molecule has 1 aliphatic heterocycles. The SMILES string of the molecule is CSc1cccc(NC(=O)C2CCN(Cc3ccc(F)cc3)CC2)c1. The number of hydrogen-bond donors (Lipinski definition) is 1. The summed E-state index contributed by atoms with van der Waals surface area (Å²) < 4.78 is 13.0. The molecule has 1 heterocycles. The van der Waals surface area contributed by atoms with Gasteiger partial charge in [-0.25, -0.2) is 4.39 Å². The molecule has 0 aliphatic carbocycles. The lowest BCUT2D eigenvalue weighted by Crippen LogP contribution is -2.37. The monoisotopic (exact) mass is 358 g/mol. The van der Waals surface area contributed by atoms with Crippen molar-refractivity contribution in [2.75, 3.05) is 24.7 Å². The Labute approximate surface area is 152 Å². The molecule has 1 fully saturated rings. The largest absolute Gasteiger partial charge is 0.326 e. The van der Waals surface area contributed by atoms with Gasteiger partial charge >= 0.3 is 0 Å². The number of carbonyl (C=O) groups excluding carboxylic acids is 1. The van der Waals surface area contributed by atoms with Crippen molar-refractivity contribution < 1.29 is 9.18 Å².